The van der Waals surface area contributed by atoms with Gasteiger partial charge in [0.05, 0.1) is 5.69 Å². The van der Waals surface area contributed by atoms with Gasteiger partial charge in [-0.25, -0.2) is 27.5 Å². The molecule has 9 heteroatoms. The molecule has 0 fully saturated rings. The van der Waals surface area contributed by atoms with E-state index in [1.54, 1.807) is 0 Å². The van der Waals surface area contributed by atoms with Crippen LogP contribution in [0, 0.1) is 23.3 Å². The lowest BCUT2D eigenvalue weighted by Gasteiger charge is -2.08. The number of halogens is 4. The number of rotatable bonds is 4. The third-order valence-corrected chi connectivity index (χ3v) is 3.24. The van der Waals surface area contributed by atoms with Crippen LogP contribution < -0.4 is 10.6 Å². The second-order valence-corrected chi connectivity index (χ2v) is 5.10. The van der Waals surface area contributed by atoms with E-state index in [1.807, 2.05) is 0 Å². The maximum Gasteiger partial charge on any atom is 0.274 e. The Hall–Kier alpha value is -3.49. The molecule has 3 rings (SSSR count). The first-order valence-electron chi connectivity index (χ1n) is 7.24. The van der Waals surface area contributed by atoms with Crippen LogP contribution in [0.25, 0.3) is 0 Å². The SMILES string of the molecule is O=C(Nc1ccc(F)c(F)c1)c1ccnc(Nc2ccc(F)cc2F)n1. The Labute approximate surface area is 144 Å². The zero-order chi connectivity index (χ0) is 18.7. The maximum atomic E-state index is 13.6. The molecule has 132 valence electrons. The van der Waals surface area contributed by atoms with Crippen LogP contribution in [0.4, 0.5) is 34.9 Å². The quantitative estimate of drug-likeness (QED) is 0.688. The normalized spacial score (nSPS) is 10.5. The van der Waals surface area contributed by atoms with Crippen molar-refractivity contribution in [3.63, 3.8) is 0 Å². The highest BCUT2D eigenvalue weighted by molar-refractivity contribution is 6.03. The minimum Gasteiger partial charge on any atom is -0.322 e. The summed E-state index contributed by atoms with van der Waals surface area (Å²) >= 11 is 0. The van der Waals surface area contributed by atoms with Crippen molar-refractivity contribution in [3.8, 4) is 0 Å². The number of hydrogen-bond donors (Lipinski definition) is 2. The maximum absolute atomic E-state index is 13.6. The molecule has 0 saturated heterocycles. The summed E-state index contributed by atoms with van der Waals surface area (Å²) in [5.41, 5.74) is -0.147. The van der Waals surface area contributed by atoms with Gasteiger partial charge in [0.25, 0.3) is 5.91 Å². The molecule has 0 aliphatic heterocycles. The van der Waals surface area contributed by atoms with E-state index in [4.69, 9.17) is 0 Å². The fraction of sp³-hybridized carbons (Fsp3) is 0. The van der Waals surface area contributed by atoms with Gasteiger partial charge in [-0.1, -0.05) is 0 Å². The Bertz CT molecular complexity index is 981. The van der Waals surface area contributed by atoms with Gasteiger partial charge in [0, 0.05) is 24.0 Å². The number of nitrogens with one attached hydrogen (secondary N) is 2. The van der Waals surface area contributed by atoms with Gasteiger partial charge in [-0.05, 0) is 30.3 Å². The summed E-state index contributed by atoms with van der Waals surface area (Å²) in [7, 11) is 0. The van der Waals surface area contributed by atoms with Crippen molar-refractivity contribution >= 4 is 23.2 Å². The zero-order valence-electron chi connectivity index (χ0n) is 12.9. The fourth-order valence-electron chi connectivity index (χ4n) is 2.03. The Kier molecular flexibility index (Phi) is 4.78. The molecule has 0 saturated carbocycles. The Morgan fingerprint density at radius 1 is 0.885 bits per heavy atom. The summed E-state index contributed by atoms with van der Waals surface area (Å²) in [6, 6.07) is 7.04. The van der Waals surface area contributed by atoms with E-state index >= 15 is 0 Å². The van der Waals surface area contributed by atoms with Crippen molar-refractivity contribution in [2.45, 2.75) is 0 Å². The van der Waals surface area contributed by atoms with Crippen molar-refractivity contribution in [1.29, 1.82) is 0 Å². The highest BCUT2D eigenvalue weighted by atomic mass is 19.2. The number of aromatic nitrogens is 2. The predicted molar refractivity (Wildman–Crippen MR) is 86.0 cm³/mol. The third-order valence-electron chi connectivity index (χ3n) is 3.24. The van der Waals surface area contributed by atoms with Gasteiger partial charge >= 0.3 is 0 Å². The van der Waals surface area contributed by atoms with Crippen LogP contribution in [0.1, 0.15) is 10.5 Å². The molecule has 1 aromatic heterocycles. The summed E-state index contributed by atoms with van der Waals surface area (Å²) in [5.74, 6) is -4.56. The molecule has 0 bridgehead atoms. The van der Waals surface area contributed by atoms with Crippen molar-refractivity contribution in [3.05, 3.63) is 77.6 Å². The number of benzene rings is 2. The average Bonchev–Trinajstić information content (AvgIpc) is 2.61. The molecule has 0 aliphatic carbocycles. The van der Waals surface area contributed by atoms with E-state index in [1.165, 1.54) is 18.3 Å². The van der Waals surface area contributed by atoms with E-state index in [9.17, 15) is 22.4 Å². The van der Waals surface area contributed by atoms with Crippen LogP contribution in [-0.2, 0) is 0 Å². The largest absolute Gasteiger partial charge is 0.322 e. The van der Waals surface area contributed by atoms with Gasteiger partial charge in [0.1, 0.15) is 17.3 Å². The number of nitrogens with zero attached hydrogens (tertiary/aromatic N) is 2. The highest BCUT2D eigenvalue weighted by Crippen LogP contribution is 2.19. The molecule has 2 aromatic carbocycles. The van der Waals surface area contributed by atoms with E-state index in [-0.39, 0.29) is 23.0 Å². The lowest BCUT2D eigenvalue weighted by molar-refractivity contribution is 0.102. The van der Waals surface area contributed by atoms with E-state index in [0.717, 1.165) is 24.3 Å². The molecule has 5 nitrogen and oxygen atoms in total. The molecular formula is C17H10F4N4O. The second kappa shape index (κ2) is 7.18. The van der Waals surface area contributed by atoms with Crippen LogP contribution >= 0.6 is 0 Å². The van der Waals surface area contributed by atoms with Crippen LogP contribution in [-0.4, -0.2) is 15.9 Å². The zero-order valence-corrected chi connectivity index (χ0v) is 12.9. The molecule has 3 aromatic rings. The van der Waals surface area contributed by atoms with Gasteiger partial charge in [-0.3, -0.25) is 4.79 Å². The van der Waals surface area contributed by atoms with E-state index < -0.39 is 29.2 Å². The minimum atomic E-state index is -1.11. The Balaban J connectivity index is 1.77. The monoisotopic (exact) mass is 362 g/mol. The molecule has 26 heavy (non-hydrogen) atoms. The third kappa shape index (κ3) is 3.94. The van der Waals surface area contributed by atoms with Gasteiger partial charge in [-0.2, -0.15) is 0 Å². The van der Waals surface area contributed by atoms with Crippen LogP contribution in [0.5, 0.6) is 0 Å². The first-order valence-corrected chi connectivity index (χ1v) is 7.24. The predicted octanol–water partition coefficient (Wildman–Crippen LogP) is 4.03. The fourth-order valence-corrected chi connectivity index (χ4v) is 2.03. The highest BCUT2D eigenvalue weighted by Gasteiger charge is 2.12. The molecule has 0 aliphatic rings. The molecule has 1 amide bonds. The molecule has 1 heterocycles. The molecule has 0 spiro atoms. The second-order valence-electron chi connectivity index (χ2n) is 5.10. The smallest absolute Gasteiger partial charge is 0.274 e. The summed E-state index contributed by atoms with van der Waals surface area (Å²) < 4.78 is 52.7. The van der Waals surface area contributed by atoms with Crippen molar-refractivity contribution in [2.75, 3.05) is 10.6 Å². The van der Waals surface area contributed by atoms with Crippen molar-refractivity contribution in [2.24, 2.45) is 0 Å². The topological polar surface area (TPSA) is 66.9 Å². The van der Waals surface area contributed by atoms with Crippen molar-refractivity contribution in [1.82, 2.24) is 9.97 Å². The standard InChI is InChI=1S/C17H10F4N4O/c18-9-1-4-14(13(21)7-9)24-17-22-6-5-15(25-17)16(26)23-10-2-3-11(19)12(20)8-10/h1-8H,(H,23,26)(H,22,24,25). The number of carbonyl (C=O) groups excluding carboxylic acids is 1. The number of anilines is 3. The average molecular weight is 362 g/mol. The van der Waals surface area contributed by atoms with Crippen LogP contribution in [0.15, 0.2) is 48.7 Å². The lowest BCUT2D eigenvalue weighted by Crippen LogP contribution is -2.15. The number of carbonyl (C=O) groups is 1. The first-order chi connectivity index (χ1) is 12.4. The molecule has 0 radical (unpaired) electrons. The Morgan fingerprint density at radius 3 is 2.42 bits per heavy atom. The Morgan fingerprint density at radius 2 is 1.69 bits per heavy atom. The summed E-state index contributed by atoms with van der Waals surface area (Å²) in [5, 5.41) is 4.87. The van der Waals surface area contributed by atoms with Gasteiger partial charge in [0.15, 0.2) is 11.6 Å². The number of amides is 1. The molecular weight excluding hydrogens is 352 g/mol. The summed E-state index contributed by atoms with van der Waals surface area (Å²) in [6.45, 7) is 0. The van der Waals surface area contributed by atoms with E-state index in [2.05, 4.69) is 20.6 Å². The van der Waals surface area contributed by atoms with Gasteiger partial charge in [-0.15, -0.1) is 0 Å². The van der Waals surface area contributed by atoms with Crippen LogP contribution in [0.2, 0.25) is 0 Å². The van der Waals surface area contributed by atoms with Gasteiger partial charge < -0.3 is 10.6 Å². The first kappa shape index (κ1) is 17.3. The van der Waals surface area contributed by atoms with E-state index in [0.29, 0.717) is 6.07 Å². The molecule has 0 unspecified atom stereocenters. The van der Waals surface area contributed by atoms with Crippen LogP contribution in [0.3, 0.4) is 0 Å². The van der Waals surface area contributed by atoms with Gasteiger partial charge in [0.2, 0.25) is 5.95 Å². The summed E-state index contributed by atoms with van der Waals surface area (Å²) in [4.78, 5) is 19.9. The molecule has 0 atom stereocenters. The lowest BCUT2D eigenvalue weighted by atomic mass is 10.3. The van der Waals surface area contributed by atoms with Crippen molar-refractivity contribution < 1.29 is 22.4 Å². The minimum absolute atomic E-state index is 0.0339. The summed E-state index contributed by atoms with van der Waals surface area (Å²) in [6.07, 6.45) is 1.25. The molecule has 2 N–H and O–H groups in total. The number of hydrogen-bond acceptors (Lipinski definition) is 4.